The van der Waals surface area contributed by atoms with E-state index in [1.54, 1.807) is 31.4 Å². The Morgan fingerprint density at radius 3 is 2.38 bits per heavy atom. The second-order valence-electron chi connectivity index (χ2n) is 5.12. The highest BCUT2D eigenvalue weighted by atomic mass is 16.5. The summed E-state index contributed by atoms with van der Waals surface area (Å²) in [5.74, 6) is 0.327. The van der Waals surface area contributed by atoms with Crippen LogP contribution in [0.1, 0.15) is 22.0 Å². The fourth-order valence-corrected chi connectivity index (χ4v) is 2.46. The van der Waals surface area contributed by atoms with Crippen molar-refractivity contribution in [2.75, 3.05) is 7.11 Å². The molecule has 0 heterocycles. The van der Waals surface area contributed by atoms with Crippen LogP contribution in [0.15, 0.2) is 91.6 Å². The van der Waals surface area contributed by atoms with Crippen molar-refractivity contribution < 1.29 is 9.53 Å². The maximum absolute atomic E-state index is 12.8. The van der Waals surface area contributed by atoms with Gasteiger partial charge in [0.05, 0.1) is 18.7 Å². The van der Waals surface area contributed by atoms with Crippen molar-refractivity contribution in [3.8, 4) is 5.75 Å². The number of amides is 1. The summed E-state index contributed by atoms with van der Waals surface area (Å²) in [6, 6.07) is 16.6. The van der Waals surface area contributed by atoms with Gasteiger partial charge in [0.1, 0.15) is 5.75 Å². The van der Waals surface area contributed by atoms with E-state index in [1.807, 2.05) is 48.5 Å². The third kappa shape index (κ3) is 4.02. The number of nitrogens with one attached hydrogen (secondary N) is 1. The fraction of sp³-hybridized carbons (Fsp3) is 0.0952. The van der Waals surface area contributed by atoms with Gasteiger partial charge in [-0.2, -0.15) is 0 Å². The molecule has 0 radical (unpaired) electrons. The lowest BCUT2D eigenvalue weighted by atomic mass is 9.97. The molecular formula is C21H21NO2. The fourth-order valence-electron chi connectivity index (χ4n) is 2.46. The van der Waals surface area contributed by atoms with Crippen molar-refractivity contribution in [2.45, 2.75) is 6.04 Å². The van der Waals surface area contributed by atoms with Gasteiger partial charge in [-0.1, -0.05) is 73.9 Å². The van der Waals surface area contributed by atoms with Crippen molar-refractivity contribution in [1.29, 1.82) is 0 Å². The highest BCUT2D eigenvalue weighted by Gasteiger charge is 2.20. The predicted molar refractivity (Wildman–Crippen MR) is 98.1 cm³/mol. The van der Waals surface area contributed by atoms with Gasteiger partial charge in [-0.15, -0.1) is 0 Å². The molecule has 1 amide bonds. The first-order valence-electron chi connectivity index (χ1n) is 7.65. The van der Waals surface area contributed by atoms with Crippen LogP contribution >= 0.6 is 0 Å². The Hall–Kier alpha value is -3.07. The lowest BCUT2D eigenvalue weighted by Crippen LogP contribution is -2.29. The summed E-state index contributed by atoms with van der Waals surface area (Å²) in [5, 5.41) is 3.05. The van der Waals surface area contributed by atoms with Crippen LogP contribution in [0.3, 0.4) is 0 Å². The minimum atomic E-state index is -0.320. The maximum Gasteiger partial charge on any atom is 0.255 e. The maximum atomic E-state index is 12.8. The molecule has 0 saturated carbocycles. The number of carbonyl (C=O) groups is 1. The molecule has 0 aliphatic heterocycles. The van der Waals surface area contributed by atoms with Crippen LogP contribution in [0.5, 0.6) is 5.75 Å². The summed E-state index contributed by atoms with van der Waals surface area (Å²) < 4.78 is 5.28. The number of hydrogen-bond acceptors (Lipinski definition) is 2. The second-order valence-corrected chi connectivity index (χ2v) is 5.12. The smallest absolute Gasteiger partial charge is 0.255 e. The molecule has 0 aromatic heterocycles. The molecule has 0 aliphatic rings. The van der Waals surface area contributed by atoms with Gasteiger partial charge in [-0.05, 0) is 23.3 Å². The van der Waals surface area contributed by atoms with Crippen molar-refractivity contribution in [2.24, 2.45) is 0 Å². The van der Waals surface area contributed by atoms with E-state index in [-0.39, 0.29) is 11.9 Å². The molecule has 1 N–H and O–H groups in total. The number of rotatable bonds is 7. The van der Waals surface area contributed by atoms with Gasteiger partial charge in [0, 0.05) is 0 Å². The van der Waals surface area contributed by atoms with Gasteiger partial charge in [0.15, 0.2) is 0 Å². The largest absolute Gasteiger partial charge is 0.496 e. The normalized spacial score (nSPS) is 12.1. The SMILES string of the molecule is C=C/C=C(\C=C)C(NC(=O)c1ccccc1OC)c1ccccc1. The molecule has 2 rings (SSSR count). The zero-order valence-electron chi connectivity index (χ0n) is 13.7. The Kier molecular flexibility index (Phi) is 6.15. The summed E-state index contributed by atoms with van der Waals surface area (Å²) in [6.07, 6.45) is 5.25. The summed E-state index contributed by atoms with van der Waals surface area (Å²) in [5.41, 5.74) is 2.32. The van der Waals surface area contributed by atoms with E-state index in [2.05, 4.69) is 18.5 Å². The Balaban J connectivity index is 2.38. The third-order valence-electron chi connectivity index (χ3n) is 3.64. The molecule has 2 aromatic rings. The number of para-hydroxylation sites is 1. The minimum absolute atomic E-state index is 0.210. The lowest BCUT2D eigenvalue weighted by molar-refractivity contribution is 0.0940. The number of hydrogen-bond donors (Lipinski definition) is 1. The van der Waals surface area contributed by atoms with Gasteiger partial charge < -0.3 is 10.1 Å². The van der Waals surface area contributed by atoms with Crippen LogP contribution in [0, 0.1) is 0 Å². The Morgan fingerprint density at radius 1 is 1.08 bits per heavy atom. The highest BCUT2D eigenvalue weighted by Crippen LogP contribution is 2.25. The molecule has 0 spiro atoms. The van der Waals surface area contributed by atoms with Crippen LogP contribution in [0.25, 0.3) is 0 Å². The first kappa shape index (κ1) is 17.3. The van der Waals surface area contributed by atoms with E-state index in [1.165, 1.54) is 0 Å². The summed E-state index contributed by atoms with van der Waals surface area (Å²) in [4.78, 5) is 12.8. The van der Waals surface area contributed by atoms with E-state index in [0.717, 1.165) is 11.1 Å². The lowest BCUT2D eigenvalue weighted by Gasteiger charge is -2.21. The topological polar surface area (TPSA) is 38.3 Å². The van der Waals surface area contributed by atoms with Crippen LogP contribution in [-0.4, -0.2) is 13.0 Å². The van der Waals surface area contributed by atoms with Crippen LogP contribution in [0.2, 0.25) is 0 Å². The van der Waals surface area contributed by atoms with Gasteiger partial charge >= 0.3 is 0 Å². The summed E-state index contributed by atoms with van der Waals surface area (Å²) in [7, 11) is 1.55. The number of ether oxygens (including phenoxy) is 1. The average Bonchev–Trinajstić information content (AvgIpc) is 2.65. The first-order chi connectivity index (χ1) is 11.7. The molecule has 122 valence electrons. The molecule has 2 aromatic carbocycles. The van der Waals surface area contributed by atoms with Crippen LogP contribution < -0.4 is 10.1 Å². The predicted octanol–water partition coefficient (Wildman–Crippen LogP) is 4.46. The standard InChI is InChI=1S/C21H21NO2/c1-4-11-16(5-2)20(17-12-7-6-8-13-17)22-21(23)18-14-9-10-15-19(18)24-3/h4-15,20H,1-2H2,3H3,(H,22,23)/b16-11+. The number of allylic oxidation sites excluding steroid dienone is 2. The second kappa shape index (κ2) is 8.53. The van der Waals surface area contributed by atoms with Crippen LogP contribution in [-0.2, 0) is 0 Å². The molecule has 3 heteroatoms. The van der Waals surface area contributed by atoms with Gasteiger partial charge in [-0.3, -0.25) is 4.79 Å². The third-order valence-corrected chi connectivity index (χ3v) is 3.64. The first-order valence-corrected chi connectivity index (χ1v) is 7.65. The monoisotopic (exact) mass is 319 g/mol. The quantitative estimate of drug-likeness (QED) is 0.765. The Morgan fingerprint density at radius 2 is 1.75 bits per heavy atom. The van der Waals surface area contributed by atoms with E-state index >= 15 is 0 Å². The molecule has 0 aliphatic carbocycles. The van der Waals surface area contributed by atoms with E-state index in [9.17, 15) is 4.79 Å². The van der Waals surface area contributed by atoms with E-state index < -0.39 is 0 Å². The van der Waals surface area contributed by atoms with Crippen LogP contribution in [0.4, 0.5) is 0 Å². The minimum Gasteiger partial charge on any atom is -0.496 e. The van der Waals surface area contributed by atoms with Crippen molar-refractivity contribution >= 4 is 5.91 Å². The Bertz CT molecular complexity index is 747. The van der Waals surface area contributed by atoms with Crippen molar-refractivity contribution in [1.82, 2.24) is 5.32 Å². The average molecular weight is 319 g/mol. The van der Waals surface area contributed by atoms with Gasteiger partial charge in [-0.25, -0.2) is 0 Å². The molecule has 3 nitrogen and oxygen atoms in total. The number of carbonyl (C=O) groups excluding carboxylic acids is 1. The van der Waals surface area contributed by atoms with Crippen molar-refractivity contribution in [3.05, 3.63) is 103 Å². The summed E-state index contributed by atoms with van der Waals surface area (Å²) in [6.45, 7) is 7.58. The van der Waals surface area contributed by atoms with Gasteiger partial charge in [0.25, 0.3) is 5.91 Å². The van der Waals surface area contributed by atoms with Crippen molar-refractivity contribution in [3.63, 3.8) is 0 Å². The molecule has 0 bridgehead atoms. The molecule has 0 fully saturated rings. The molecule has 0 saturated heterocycles. The van der Waals surface area contributed by atoms with E-state index in [4.69, 9.17) is 4.74 Å². The molecule has 24 heavy (non-hydrogen) atoms. The number of benzene rings is 2. The molecule has 1 unspecified atom stereocenters. The zero-order chi connectivity index (χ0) is 17.4. The highest BCUT2D eigenvalue weighted by molar-refractivity contribution is 5.97. The summed E-state index contributed by atoms with van der Waals surface area (Å²) >= 11 is 0. The van der Waals surface area contributed by atoms with E-state index in [0.29, 0.717) is 11.3 Å². The van der Waals surface area contributed by atoms with Gasteiger partial charge in [0.2, 0.25) is 0 Å². The molecule has 1 atom stereocenters. The Labute approximate surface area is 143 Å². The zero-order valence-corrected chi connectivity index (χ0v) is 13.7. The molecular weight excluding hydrogens is 298 g/mol. The number of methoxy groups -OCH3 is 1.